The van der Waals surface area contributed by atoms with E-state index in [0.717, 1.165) is 0 Å². The van der Waals surface area contributed by atoms with Gasteiger partial charge in [-0.2, -0.15) is 84.9 Å². The first kappa shape index (κ1) is 26.2. The van der Waals surface area contributed by atoms with Crippen molar-refractivity contribution in [1.82, 2.24) is 0 Å². The molecule has 33 heavy (non-hydrogen) atoms. The third kappa shape index (κ3) is 9.56. The Balaban J connectivity index is 0.000000159. The number of benzene rings is 4. The van der Waals surface area contributed by atoms with Crippen LogP contribution in [0.3, 0.4) is 0 Å². The Morgan fingerprint density at radius 3 is 1.12 bits per heavy atom. The molecule has 0 spiro atoms. The molecule has 0 fully saturated rings. The van der Waals surface area contributed by atoms with E-state index in [1.165, 1.54) is 32.7 Å². The first-order valence-electron chi connectivity index (χ1n) is 10.8. The van der Waals surface area contributed by atoms with Gasteiger partial charge in [-0.25, -0.2) is 0 Å². The Labute approximate surface area is 217 Å². The van der Waals surface area contributed by atoms with Crippen molar-refractivity contribution in [3.05, 3.63) is 157 Å². The van der Waals surface area contributed by atoms with Gasteiger partial charge >= 0.3 is 26.2 Å². The van der Waals surface area contributed by atoms with Crippen molar-refractivity contribution in [3.63, 3.8) is 0 Å². The SMILES string of the molecule is Cc1cc2ccccc2[cH-]1.Cc1cc2ccccc2[cH-]1.[Zr+4].[c-]1ccccc1.[c-]1ccccc1. The van der Waals surface area contributed by atoms with Crippen molar-refractivity contribution in [2.45, 2.75) is 13.8 Å². The van der Waals surface area contributed by atoms with Gasteiger partial charge in [0.1, 0.15) is 0 Å². The molecule has 6 aromatic carbocycles. The Hall–Kier alpha value is -3.02. The summed E-state index contributed by atoms with van der Waals surface area (Å²) in [5, 5.41) is 5.39. The van der Waals surface area contributed by atoms with E-state index >= 15 is 0 Å². The molecule has 0 aliphatic rings. The first-order chi connectivity index (χ1) is 15.7. The molecule has 0 aliphatic carbocycles. The largest absolute Gasteiger partial charge is 4.00 e. The molecule has 0 nitrogen and oxygen atoms in total. The quantitative estimate of drug-likeness (QED) is 0.182. The molecule has 0 bridgehead atoms. The number of aryl methyl sites for hydroxylation is 2. The standard InChI is InChI=1S/2C10H9.2C6H5.Zr/c2*1-8-6-9-4-2-3-5-10(9)7-8;2*1-2-4-6-5-3-1;/h2*2-7H,1H3;2*1-5H;/q4*-1;+4. The molecule has 0 saturated heterocycles. The number of rotatable bonds is 0. The van der Waals surface area contributed by atoms with Crippen molar-refractivity contribution in [2.75, 3.05) is 0 Å². The summed E-state index contributed by atoms with van der Waals surface area (Å²) in [5.74, 6) is 0. The van der Waals surface area contributed by atoms with Gasteiger partial charge in [-0.3, -0.25) is 0 Å². The predicted molar refractivity (Wildman–Crippen MR) is 139 cm³/mol. The molecule has 1 heteroatoms. The van der Waals surface area contributed by atoms with Crippen LogP contribution in [-0.2, 0) is 26.2 Å². The van der Waals surface area contributed by atoms with Gasteiger partial charge in [-0.05, 0) is 0 Å². The van der Waals surface area contributed by atoms with Crippen LogP contribution in [0.4, 0.5) is 0 Å². The van der Waals surface area contributed by atoms with E-state index in [-0.39, 0.29) is 26.2 Å². The maximum absolute atomic E-state index is 2.89. The second kappa shape index (κ2) is 14.9. The third-order valence-electron chi connectivity index (χ3n) is 4.74. The van der Waals surface area contributed by atoms with Crippen LogP contribution < -0.4 is 0 Å². The predicted octanol–water partition coefficient (Wildman–Crippen LogP) is 8.71. The van der Waals surface area contributed by atoms with E-state index in [9.17, 15) is 0 Å². The van der Waals surface area contributed by atoms with Crippen molar-refractivity contribution >= 4 is 21.5 Å². The number of fused-ring (bicyclic) bond motifs is 2. The van der Waals surface area contributed by atoms with Gasteiger partial charge in [0, 0.05) is 0 Å². The van der Waals surface area contributed by atoms with E-state index in [2.05, 4.69) is 98.8 Å². The smallest absolute Gasteiger partial charge is 0.184 e. The van der Waals surface area contributed by atoms with Crippen LogP contribution in [0, 0.1) is 26.0 Å². The summed E-state index contributed by atoms with van der Waals surface area (Å²) < 4.78 is 0. The maximum atomic E-state index is 2.89. The van der Waals surface area contributed by atoms with Gasteiger partial charge in [0.15, 0.2) is 0 Å². The van der Waals surface area contributed by atoms with Crippen LogP contribution in [0.1, 0.15) is 11.1 Å². The molecule has 0 amide bonds. The van der Waals surface area contributed by atoms with Gasteiger partial charge in [0.25, 0.3) is 0 Å². The molecule has 0 N–H and O–H groups in total. The summed E-state index contributed by atoms with van der Waals surface area (Å²) in [5.41, 5.74) is 2.70. The monoisotopic (exact) mass is 502 g/mol. The molecule has 0 unspecified atom stereocenters. The summed E-state index contributed by atoms with van der Waals surface area (Å²) in [6.45, 7) is 4.25. The summed E-state index contributed by atoms with van der Waals surface area (Å²) in [6.07, 6.45) is 0. The Morgan fingerprint density at radius 1 is 0.485 bits per heavy atom. The molecule has 6 aromatic rings. The van der Waals surface area contributed by atoms with Crippen LogP contribution in [-0.4, -0.2) is 0 Å². The van der Waals surface area contributed by atoms with Crippen molar-refractivity contribution < 1.29 is 26.2 Å². The minimum Gasteiger partial charge on any atom is -0.184 e. The molecular weight excluding hydrogens is 476 g/mol. The molecule has 6 rings (SSSR count). The molecular formula is C32H28Zr. The minimum atomic E-state index is 0. The zero-order valence-electron chi connectivity index (χ0n) is 19.2. The first-order valence-corrected chi connectivity index (χ1v) is 10.8. The molecule has 0 heterocycles. The van der Waals surface area contributed by atoms with Crippen LogP contribution in [0.15, 0.2) is 133 Å². The molecule has 0 radical (unpaired) electrons. The summed E-state index contributed by atoms with van der Waals surface area (Å²) in [4.78, 5) is 0. The van der Waals surface area contributed by atoms with Crippen LogP contribution >= 0.6 is 0 Å². The zero-order chi connectivity index (χ0) is 22.4. The fourth-order valence-corrected chi connectivity index (χ4v) is 3.30. The fraction of sp³-hybridized carbons (Fsp3) is 0.0625. The minimum absolute atomic E-state index is 0. The van der Waals surface area contributed by atoms with E-state index in [1.54, 1.807) is 0 Å². The second-order valence-electron chi connectivity index (χ2n) is 7.48. The van der Waals surface area contributed by atoms with Gasteiger partial charge in [-0.1, -0.05) is 26.0 Å². The average molecular weight is 504 g/mol. The van der Waals surface area contributed by atoms with Gasteiger partial charge in [0.05, 0.1) is 0 Å². The van der Waals surface area contributed by atoms with E-state index < -0.39 is 0 Å². The van der Waals surface area contributed by atoms with Crippen molar-refractivity contribution in [1.29, 1.82) is 0 Å². The van der Waals surface area contributed by atoms with Gasteiger partial charge in [-0.15, -0.1) is 81.2 Å². The van der Waals surface area contributed by atoms with E-state index in [4.69, 9.17) is 0 Å². The molecule has 160 valence electrons. The van der Waals surface area contributed by atoms with Crippen molar-refractivity contribution in [2.24, 2.45) is 0 Å². The number of hydrogen-bond donors (Lipinski definition) is 0. The fourth-order valence-electron chi connectivity index (χ4n) is 3.30. The van der Waals surface area contributed by atoms with Crippen LogP contribution in [0.25, 0.3) is 21.5 Å². The Bertz CT molecular complexity index is 1050. The topological polar surface area (TPSA) is 0 Å². The van der Waals surface area contributed by atoms with E-state index in [1.807, 2.05) is 60.7 Å². The molecule has 0 aliphatic heterocycles. The number of hydrogen-bond acceptors (Lipinski definition) is 0. The summed E-state index contributed by atoms with van der Waals surface area (Å²) >= 11 is 0. The second-order valence-corrected chi connectivity index (χ2v) is 7.48. The molecule has 0 aromatic heterocycles. The Kier molecular flexibility index (Phi) is 11.9. The van der Waals surface area contributed by atoms with Crippen LogP contribution in [0.2, 0.25) is 0 Å². The van der Waals surface area contributed by atoms with Gasteiger partial charge < -0.3 is 0 Å². The van der Waals surface area contributed by atoms with Crippen LogP contribution in [0.5, 0.6) is 0 Å². The zero-order valence-corrected chi connectivity index (χ0v) is 21.7. The summed E-state index contributed by atoms with van der Waals surface area (Å²) in [7, 11) is 0. The van der Waals surface area contributed by atoms with Crippen molar-refractivity contribution in [3.8, 4) is 0 Å². The Morgan fingerprint density at radius 2 is 0.848 bits per heavy atom. The average Bonchev–Trinajstić information content (AvgIpc) is 3.43. The summed E-state index contributed by atoms with van der Waals surface area (Å²) in [6, 6.07) is 50.7. The third-order valence-corrected chi connectivity index (χ3v) is 4.74. The molecule has 0 saturated carbocycles. The van der Waals surface area contributed by atoms with E-state index in [0.29, 0.717) is 0 Å². The normalized spacial score (nSPS) is 9.27. The van der Waals surface area contributed by atoms with Gasteiger partial charge in [0.2, 0.25) is 0 Å². The molecule has 0 atom stereocenters. The maximum Gasteiger partial charge on any atom is 4.00 e.